The highest BCUT2D eigenvalue weighted by molar-refractivity contribution is 6.38. The summed E-state index contributed by atoms with van der Waals surface area (Å²) in [6.45, 7) is 32.8. The van der Waals surface area contributed by atoms with Gasteiger partial charge in [-0.05, 0) is 229 Å². The van der Waals surface area contributed by atoms with Crippen molar-refractivity contribution in [1.82, 2.24) is 58.7 Å². The second kappa shape index (κ2) is 38.8. The molecule has 4 aromatic heterocycles. The normalized spacial score (nSPS) is 15.8. The van der Waals surface area contributed by atoms with Gasteiger partial charge in [0, 0.05) is 110 Å². The molecule has 0 saturated heterocycles. The molecule has 0 spiro atoms. The maximum absolute atomic E-state index is 13.0. The maximum atomic E-state index is 13.0. The van der Waals surface area contributed by atoms with Crippen LogP contribution in [0.4, 0.5) is 0 Å². The van der Waals surface area contributed by atoms with E-state index < -0.39 is 22.2 Å². The van der Waals surface area contributed by atoms with Crippen LogP contribution in [-0.2, 0) is 25.7 Å². The van der Waals surface area contributed by atoms with Crippen LogP contribution in [0.15, 0.2) is 233 Å². The monoisotopic (exact) mass is 2010 g/mol. The lowest BCUT2D eigenvalue weighted by Crippen LogP contribution is -2.48. The first-order valence-corrected chi connectivity index (χ1v) is 47.1. The molecule has 5 aliphatic rings. The molecule has 1 saturated carbocycles. The largest absolute Gasteiger partial charge is 0.340 e. The Kier molecular flexibility index (Phi) is 28.3. The molecule has 0 radical (unpaired) electrons. The molecule has 0 bridgehead atoms. The van der Waals surface area contributed by atoms with E-state index in [0.29, 0.717) is 161 Å². The Hall–Kier alpha value is -10.4. The summed E-state index contributed by atoms with van der Waals surface area (Å²) in [5.74, 6) is 1.83. The van der Waals surface area contributed by atoms with Gasteiger partial charge in [-0.1, -0.05) is 238 Å². The summed E-state index contributed by atoms with van der Waals surface area (Å²) in [6, 6.07) is 61.6. The van der Waals surface area contributed by atoms with E-state index in [-0.39, 0.29) is 23.6 Å². The summed E-state index contributed by atoms with van der Waals surface area (Å²) in [6.07, 6.45) is 3.84. The van der Waals surface area contributed by atoms with Crippen LogP contribution in [0.25, 0.3) is 67.8 Å². The molecule has 133 heavy (non-hydrogen) atoms. The number of aliphatic imine (C=N–C) groups is 4. The highest BCUT2D eigenvalue weighted by Gasteiger charge is 2.52. The number of benzene rings is 9. The summed E-state index contributed by atoms with van der Waals surface area (Å²) in [7, 11) is 0. The third kappa shape index (κ3) is 19.4. The third-order valence-corrected chi connectivity index (χ3v) is 27.0. The number of amidine groups is 4. The van der Waals surface area contributed by atoms with Gasteiger partial charge >= 0.3 is 0 Å². The van der Waals surface area contributed by atoms with Gasteiger partial charge in [-0.25, -0.2) is 18.7 Å². The standard InChI is InChI=1S/C28H23Cl3N4O.C25H25Cl3N4O.2C24H21Cl3N4O/c1-17-24(26-32-27(36)28(2,3)34(26)16-18-7-5-4-6-8-18)33-35(23-14-13-21(30)15-22(23)31)25(17)19-9-11-20(29)12-10-19;1-14(2)13-31-23(29-24(33)25(31,4)5)21-15(3)22(16-6-8-17(26)9-7-16)32(30-21)20-11-10-18(27)12-19(20)28;1-13-20(22-28-23(32)24(2,3)30(22)17-9-10-17)29-31(19-11-8-16(26)12-18(19)27)21(13)14-4-6-15(25)7-5-14;1-5-12-30-22(28-23(32)24(30,3)4)20-14(2)21(15-6-8-16(25)9-7-15)31(29-20)19-11-10-17(26)13-18(19)27/h4-15H,16H2,1-3H3;6-12,14H,13H2,1-5H3;4-8,11-12,17H,9-10H2,1-3H3;5-11,13H,1,12H2,2-4H3. The Morgan fingerprint density at radius 3 is 0.902 bits per heavy atom. The number of carbonyl (C=O) groups is 4. The van der Waals surface area contributed by atoms with Crippen molar-refractivity contribution in [1.29, 1.82) is 0 Å². The van der Waals surface area contributed by atoms with Crippen LogP contribution >= 0.6 is 139 Å². The van der Waals surface area contributed by atoms with Crippen molar-refractivity contribution in [2.75, 3.05) is 13.1 Å². The second-order valence-electron chi connectivity index (χ2n) is 35.1. The zero-order valence-electron chi connectivity index (χ0n) is 74.9. The minimum absolute atomic E-state index is 0.147. The summed E-state index contributed by atoms with van der Waals surface area (Å²) in [4.78, 5) is 77.2. The van der Waals surface area contributed by atoms with Gasteiger partial charge in [0.15, 0.2) is 23.3 Å². The molecule has 1 aliphatic carbocycles. The first-order valence-electron chi connectivity index (χ1n) is 42.5. The molecule has 0 N–H and O–H groups in total. The zero-order chi connectivity index (χ0) is 95.7. The number of aromatic nitrogens is 8. The van der Waals surface area contributed by atoms with E-state index in [4.69, 9.17) is 160 Å². The van der Waals surface area contributed by atoms with Crippen molar-refractivity contribution in [3.05, 3.63) is 324 Å². The van der Waals surface area contributed by atoms with Crippen molar-refractivity contribution in [3.63, 3.8) is 0 Å². The molecule has 682 valence electrons. The van der Waals surface area contributed by atoms with Crippen LogP contribution in [0.3, 0.4) is 0 Å². The summed E-state index contributed by atoms with van der Waals surface area (Å²) in [5, 5.41) is 26.3. The van der Waals surface area contributed by atoms with E-state index in [1.54, 1.807) is 73.3 Å². The first kappa shape index (κ1) is 97.2. The highest BCUT2D eigenvalue weighted by atomic mass is 35.5. The van der Waals surface area contributed by atoms with Gasteiger partial charge in [0.05, 0.1) is 65.6 Å². The van der Waals surface area contributed by atoms with E-state index >= 15 is 0 Å². The van der Waals surface area contributed by atoms with Gasteiger partial charge in [-0.2, -0.15) is 40.4 Å². The molecule has 18 rings (SSSR count). The predicted octanol–water partition coefficient (Wildman–Crippen LogP) is 26.9. The van der Waals surface area contributed by atoms with Crippen LogP contribution in [-0.4, -0.2) is 147 Å². The topological polar surface area (TPSA) is 202 Å². The summed E-state index contributed by atoms with van der Waals surface area (Å²) < 4.78 is 7.14. The lowest BCUT2D eigenvalue weighted by atomic mass is 10.0. The third-order valence-electron chi connectivity index (χ3n) is 23.9. The predicted molar refractivity (Wildman–Crippen MR) is 543 cm³/mol. The quantitative estimate of drug-likeness (QED) is 0.0694. The molecule has 0 unspecified atom stereocenters. The van der Waals surface area contributed by atoms with E-state index in [2.05, 4.69) is 50.2 Å². The number of amides is 4. The highest BCUT2D eigenvalue weighted by Crippen LogP contribution is 2.45. The Labute approximate surface area is 832 Å². The Balaban J connectivity index is 0.000000136. The molecular formula is C101H90Cl12N16O4. The zero-order valence-corrected chi connectivity index (χ0v) is 83.9. The summed E-state index contributed by atoms with van der Waals surface area (Å²) >= 11 is 75.4. The SMILES string of the molecule is C=CCN1C(c2nn(-c3ccc(Cl)cc3Cl)c(-c3ccc(Cl)cc3)c2C)=NC(=O)C1(C)C.Cc1c(C2=NC(=O)C(C)(C)N2C2CC2)nn(-c2ccc(Cl)cc2Cl)c1-c1ccc(Cl)cc1.Cc1c(C2=NC(=O)C(C)(C)N2CC(C)C)nn(-c2ccc(Cl)cc2Cl)c1-c1ccc(Cl)cc1.Cc1c(C2=NC(=O)C(C)(C)N2Cc2ccccc2)nn(-c2ccc(Cl)cc2Cl)c1-c1ccc(Cl)cc1. The molecule has 13 aromatic rings. The average Bonchev–Trinajstić information content (AvgIpc) is 1.57. The molecule has 4 amide bonds. The van der Waals surface area contributed by atoms with Crippen LogP contribution in [0.2, 0.25) is 60.3 Å². The fraction of sp³-hybridized carbons (Fsp3) is 0.248. The van der Waals surface area contributed by atoms with Crippen molar-refractivity contribution in [2.45, 2.75) is 145 Å². The lowest BCUT2D eigenvalue weighted by molar-refractivity contribution is -0.124. The Bertz CT molecular complexity index is 6930. The fourth-order valence-electron chi connectivity index (χ4n) is 16.4. The van der Waals surface area contributed by atoms with Gasteiger partial charge in [-0.3, -0.25) is 19.2 Å². The van der Waals surface area contributed by atoms with E-state index in [1.165, 1.54) is 0 Å². The number of carbonyl (C=O) groups excluding carboxylic acids is 4. The molecule has 8 heterocycles. The molecule has 32 heteroatoms. The van der Waals surface area contributed by atoms with Gasteiger partial charge in [0.25, 0.3) is 23.6 Å². The van der Waals surface area contributed by atoms with E-state index in [1.807, 2.05) is 245 Å². The minimum Gasteiger partial charge on any atom is -0.340 e. The second-order valence-corrected chi connectivity index (χ2v) is 40.2. The molecular weight excluding hydrogens is 1930 g/mol. The molecule has 9 aromatic carbocycles. The Morgan fingerprint density at radius 2 is 0.609 bits per heavy atom. The number of hydrogen-bond acceptors (Lipinski definition) is 12. The summed E-state index contributed by atoms with van der Waals surface area (Å²) in [5.41, 5.74) is 13.8. The van der Waals surface area contributed by atoms with Crippen LogP contribution in [0, 0.1) is 33.6 Å². The lowest BCUT2D eigenvalue weighted by Gasteiger charge is -2.33. The number of hydrogen-bond donors (Lipinski definition) is 0. The van der Waals surface area contributed by atoms with Gasteiger partial charge in [0.2, 0.25) is 0 Å². The molecule has 4 aliphatic heterocycles. The van der Waals surface area contributed by atoms with Crippen molar-refractivity contribution >= 4 is 186 Å². The number of nitrogens with zero attached hydrogens (tertiary/aromatic N) is 16. The minimum atomic E-state index is -0.820. The Morgan fingerprint density at radius 1 is 0.346 bits per heavy atom. The maximum Gasteiger partial charge on any atom is 0.273 e. The first-order chi connectivity index (χ1) is 63.0. The van der Waals surface area contributed by atoms with Crippen molar-refractivity contribution in [3.8, 4) is 67.8 Å². The van der Waals surface area contributed by atoms with Crippen LogP contribution in [0.1, 0.15) is 133 Å². The number of rotatable bonds is 19. The molecule has 1 fully saturated rings. The van der Waals surface area contributed by atoms with Crippen LogP contribution < -0.4 is 0 Å². The van der Waals surface area contributed by atoms with Crippen molar-refractivity contribution < 1.29 is 19.2 Å². The smallest absolute Gasteiger partial charge is 0.273 e. The van der Waals surface area contributed by atoms with Gasteiger partial charge < -0.3 is 19.6 Å². The van der Waals surface area contributed by atoms with Gasteiger partial charge in [-0.15, -0.1) is 6.58 Å². The van der Waals surface area contributed by atoms with Crippen molar-refractivity contribution in [2.24, 2.45) is 25.9 Å². The van der Waals surface area contributed by atoms with Crippen LogP contribution in [0.5, 0.6) is 0 Å². The average molecular weight is 2020 g/mol. The van der Waals surface area contributed by atoms with E-state index in [0.717, 1.165) is 85.7 Å². The van der Waals surface area contributed by atoms with Gasteiger partial charge in [0.1, 0.15) is 44.9 Å². The van der Waals surface area contributed by atoms with E-state index in [9.17, 15) is 19.2 Å². The molecule has 0 atom stereocenters. The number of halogens is 12. The molecule has 20 nitrogen and oxygen atoms in total. The fourth-order valence-corrected chi connectivity index (χ4v) is 18.9.